The molecule has 16 heavy (non-hydrogen) atoms. The van der Waals surface area contributed by atoms with Gasteiger partial charge in [-0.05, 0) is 13.3 Å². The van der Waals surface area contributed by atoms with E-state index in [9.17, 15) is 8.42 Å². The van der Waals surface area contributed by atoms with Crippen LogP contribution in [-0.4, -0.2) is 26.8 Å². The van der Waals surface area contributed by atoms with Gasteiger partial charge in [0.15, 0.2) is 0 Å². The molecule has 1 atom stereocenters. The van der Waals surface area contributed by atoms with Gasteiger partial charge in [0.05, 0.1) is 5.25 Å². The van der Waals surface area contributed by atoms with Gasteiger partial charge in [-0.1, -0.05) is 39.0 Å². The van der Waals surface area contributed by atoms with Gasteiger partial charge in [0.25, 0.3) is 0 Å². The zero-order valence-corrected chi connectivity index (χ0v) is 11.4. The fourth-order valence-electron chi connectivity index (χ4n) is 1.39. The third-order valence-corrected chi connectivity index (χ3v) is 4.55. The average Bonchev–Trinajstić information content (AvgIpc) is 2.26. The molecule has 5 heteroatoms. The Hall–Kier alpha value is -0.130. The van der Waals surface area contributed by atoms with E-state index in [1.807, 2.05) is 0 Å². The van der Waals surface area contributed by atoms with E-state index in [1.54, 1.807) is 6.92 Å². The van der Waals surface area contributed by atoms with Crippen molar-refractivity contribution in [2.45, 2.75) is 57.6 Å². The van der Waals surface area contributed by atoms with Crippen LogP contribution in [0.5, 0.6) is 0 Å². The predicted octanol–water partition coefficient (Wildman–Crippen LogP) is 1.61. The van der Waals surface area contributed by atoms with Crippen molar-refractivity contribution in [2.24, 2.45) is 5.73 Å². The summed E-state index contributed by atoms with van der Waals surface area (Å²) in [5, 5.41) is -0.493. The lowest BCUT2D eigenvalue weighted by atomic mass is 10.1. The van der Waals surface area contributed by atoms with Gasteiger partial charge in [-0.2, -0.15) is 0 Å². The monoisotopic (exact) mass is 250 g/mol. The van der Waals surface area contributed by atoms with E-state index in [4.69, 9.17) is 5.73 Å². The Balaban J connectivity index is 3.51. The molecule has 0 bridgehead atoms. The minimum atomic E-state index is -3.18. The molecule has 0 fully saturated rings. The van der Waals surface area contributed by atoms with Crippen LogP contribution in [0.25, 0.3) is 0 Å². The van der Waals surface area contributed by atoms with Gasteiger partial charge in [0, 0.05) is 13.1 Å². The third kappa shape index (κ3) is 7.19. The van der Waals surface area contributed by atoms with Crippen molar-refractivity contribution in [1.29, 1.82) is 0 Å². The fourth-order valence-corrected chi connectivity index (χ4v) is 2.36. The number of sulfonamides is 1. The number of unbranched alkanes of at least 4 members (excludes halogenated alkanes) is 5. The highest BCUT2D eigenvalue weighted by Crippen LogP contribution is 2.04. The Bertz CT molecular complexity index is 253. The molecule has 0 aliphatic heterocycles. The molecule has 0 spiro atoms. The van der Waals surface area contributed by atoms with E-state index in [0.717, 1.165) is 12.8 Å². The van der Waals surface area contributed by atoms with Crippen molar-refractivity contribution >= 4 is 10.0 Å². The number of nitrogens with one attached hydrogen (secondary N) is 1. The van der Waals surface area contributed by atoms with Gasteiger partial charge in [0.2, 0.25) is 10.0 Å². The summed E-state index contributed by atoms with van der Waals surface area (Å²) in [4.78, 5) is 0. The Morgan fingerprint density at radius 2 is 1.69 bits per heavy atom. The second-order valence-electron chi connectivity index (χ2n) is 4.25. The van der Waals surface area contributed by atoms with Crippen LogP contribution >= 0.6 is 0 Å². The molecule has 0 aliphatic carbocycles. The minimum absolute atomic E-state index is 0.172. The lowest BCUT2D eigenvalue weighted by molar-refractivity contribution is 0.558. The van der Waals surface area contributed by atoms with Gasteiger partial charge in [-0.25, -0.2) is 13.1 Å². The third-order valence-electron chi connectivity index (χ3n) is 2.70. The maximum Gasteiger partial charge on any atom is 0.215 e. The highest BCUT2D eigenvalue weighted by atomic mass is 32.2. The highest BCUT2D eigenvalue weighted by Gasteiger charge is 2.17. The normalized spacial score (nSPS) is 13.9. The first-order chi connectivity index (χ1) is 7.54. The summed E-state index contributed by atoms with van der Waals surface area (Å²) in [5.41, 5.74) is 5.32. The van der Waals surface area contributed by atoms with Crippen LogP contribution in [0.15, 0.2) is 0 Å². The molecule has 0 aliphatic rings. The van der Waals surface area contributed by atoms with Gasteiger partial charge < -0.3 is 5.73 Å². The first-order valence-electron chi connectivity index (χ1n) is 6.23. The van der Waals surface area contributed by atoms with Crippen molar-refractivity contribution in [3.63, 3.8) is 0 Å². The second kappa shape index (κ2) is 8.96. The lowest BCUT2D eigenvalue weighted by Gasteiger charge is -2.11. The molecular formula is C11H26N2O2S. The minimum Gasteiger partial charge on any atom is -0.329 e. The Labute approximate surface area is 100 Å². The van der Waals surface area contributed by atoms with Crippen LogP contribution in [0.2, 0.25) is 0 Å². The molecule has 0 amide bonds. The van der Waals surface area contributed by atoms with Gasteiger partial charge in [-0.15, -0.1) is 0 Å². The van der Waals surface area contributed by atoms with E-state index in [0.29, 0.717) is 6.54 Å². The molecular weight excluding hydrogens is 224 g/mol. The first-order valence-corrected chi connectivity index (χ1v) is 7.77. The fraction of sp³-hybridized carbons (Fsp3) is 1.00. The molecule has 0 heterocycles. The largest absolute Gasteiger partial charge is 0.329 e. The quantitative estimate of drug-likeness (QED) is 0.579. The Morgan fingerprint density at radius 1 is 1.12 bits per heavy atom. The second-order valence-corrected chi connectivity index (χ2v) is 6.44. The summed E-state index contributed by atoms with van der Waals surface area (Å²) in [5.74, 6) is 0. The molecule has 4 nitrogen and oxygen atoms in total. The van der Waals surface area contributed by atoms with Gasteiger partial charge in [0.1, 0.15) is 0 Å². The summed E-state index contributed by atoms with van der Waals surface area (Å²) >= 11 is 0. The first kappa shape index (κ1) is 15.9. The molecule has 0 saturated carbocycles. The van der Waals surface area contributed by atoms with E-state index in [1.165, 1.54) is 25.7 Å². The Kier molecular flexibility index (Phi) is 8.89. The number of hydrogen-bond donors (Lipinski definition) is 2. The summed E-state index contributed by atoms with van der Waals surface area (Å²) in [6, 6.07) is 0. The van der Waals surface area contributed by atoms with Crippen LogP contribution < -0.4 is 10.5 Å². The topological polar surface area (TPSA) is 72.2 Å². The summed E-state index contributed by atoms with van der Waals surface area (Å²) in [6.45, 7) is 4.52. The predicted molar refractivity (Wildman–Crippen MR) is 68.8 cm³/mol. The smallest absolute Gasteiger partial charge is 0.215 e. The SMILES string of the molecule is CCCCCCCCNS(=O)(=O)C(C)CN. The zero-order chi connectivity index (χ0) is 12.4. The van der Waals surface area contributed by atoms with Crippen LogP contribution in [0.4, 0.5) is 0 Å². The molecule has 1 unspecified atom stereocenters. The van der Waals surface area contributed by atoms with Crippen molar-refractivity contribution < 1.29 is 8.42 Å². The lowest BCUT2D eigenvalue weighted by Crippen LogP contribution is -2.37. The van der Waals surface area contributed by atoms with E-state index in [2.05, 4.69) is 11.6 Å². The molecule has 0 saturated heterocycles. The van der Waals surface area contributed by atoms with Crippen molar-refractivity contribution in [2.75, 3.05) is 13.1 Å². The van der Waals surface area contributed by atoms with E-state index in [-0.39, 0.29) is 6.54 Å². The zero-order valence-electron chi connectivity index (χ0n) is 10.5. The summed E-state index contributed by atoms with van der Waals surface area (Å²) < 4.78 is 25.6. The molecule has 0 rings (SSSR count). The van der Waals surface area contributed by atoms with Crippen LogP contribution in [-0.2, 0) is 10.0 Å². The molecule has 0 aromatic rings. The van der Waals surface area contributed by atoms with Crippen LogP contribution in [0.3, 0.4) is 0 Å². The maximum absolute atomic E-state index is 11.5. The maximum atomic E-state index is 11.5. The molecule has 3 N–H and O–H groups in total. The summed E-state index contributed by atoms with van der Waals surface area (Å²) in [6.07, 6.45) is 6.97. The van der Waals surface area contributed by atoms with E-state index < -0.39 is 15.3 Å². The van der Waals surface area contributed by atoms with E-state index >= 15 is 0 Å². The molecule has 98 valence electrons. The number of rotatable bonds is 10. The van der Waals surface area contributed by atoms with Crippen LogP contribution in [0, 0.1) is 0 Å². The van der Waals surface area contributed by atoms with Gasteiger partial charge in [-0.3, -0.25) is 0 Å². The van der Waals surface area contributed by atoms with Crippen molar-refractivity contribution in [3.8, 4) is 0 Å². The van der Waals surface area contributed by atoms with Gasteiger partial charge >= 0.3 is 0 Å². The standard InChI is InChI=1S/C11H26N2O2S/c1-3-4-5-6-7-8-9-13-16(14,15)11(2)10-12/h11,13H,3-10,12H2,1-2H3. The number of nitrogens with two attached hydrogens (primary N) is 1. The number of hydrogen-bond acceptors (Lipinski definition) is 3. The van der Waals surface area contributed by atoms with Crippen molar-refractivity contribution in [3.05, 3.63) is 0 Å². The average molecular weight is 250 g/mol. The Morgan fingerprint density at radius 3 is 2.25 bits per heavy atom. The molecule has 0 aromatic heterocycles. The molecule has 0 radical (unpaired) electrons. The highest BCUT2D eigenvalue weighted by molar-refractivity contribution is 7.90. The summed E-state index contributed by atoms with van der Waals surface area (Å²) in [7, 11) is -3.18. The van der Waals surface area contributed by atoms with Crippen LogP contribution in [0.1, 0.15) is 52.4 Å². The molecule has 0 aromatic carbocycles. The van der Waals surface area contributed by atoms with Crippen molar-refractivity contribution in [1.82, 2.24) is 4.72 Å².